The van der Waals surface area contributed by atoms with Crippen LogP contribution >= 0.6 is 11.6 Å². The molecule has 0 saturated heterocycles. The Morgan fingerprint density at radius 1 is 0.857 bits per heavy atom. The molecule has 0 aliphatic rings. The summed E-state index contributed by atoms with van der Waals surface area (Å²) in [5.74, 6) is 0. The number of hydrogen-bond acceptors (Lipinski definition) is 0. The molecule has 0 amide bonds. The zero-order valence-electron chi connectivity index (χ0n) is 13.6. The predicted molar refractivity (Wildman–Crippen MR) is 101 cm³/mol. The molecule has 0 aliphatic heterocycles. The first kappa shape index (κ1) is 16.5. The topological polar surface area (TPSA) is 0 Å². The highest BCUT2D eigenvalue weighted by Crippen LogP contribution is 2.05. The van der Waals surface area contributed by atoms with Gasteiger partial charge in [-0.2, -0.15) is 0 Å². The molecule has 0 unspecified atom stereocenters. The van der Waals surface area contributed by atoms with E-state index in [1.165, 1.54) is 26.7 Å². The second-order valence-corrected chi connectivity index (χ2v) is 15.1. The summed E-state index contributed by atoms with van der Waals surface area (Å²) < 4.78 is 0. The Bertz CT molecular complexity index is 612. The largest absolute Gasteiger partial charge is 0.136 e. The molecular formula is C18H24ClSi2. The maximum absolute atomic E-state index is 6.35. The van der Waals surface area contributed by atoms with Gasteiger partial charge in [0.15, 0.2) is 0 Å². The first-order valence-electron chi connectivity index (χ1n) is 7.42. The summed E-state index contributed by atoms with van der Waals surface area (Å²) in [6.45, 7) is 11.6. The van der Waals surface area contributed by atoms with Gasteiger partial charge < -0.3 is 0 Å². The van der Waals surface area contributed by atoms with Gasteiger partial charge in [0, 0.05) is 5.50 Å². The molecule has 0 fully saturated rings. The molecule has 0 heterocycles. The van der Waals surface area contributed by atoms with Crippen LogP contribution < -0.4 is 15.6 Å². The molecular weight excluding hydrogens is 308 g/mol. The van der Waals surface area contributed by atoms with E-state index in [1.54, 1.807) is 0 Å². The molecule has 0 aromatic heterocycles. The molecule has 21 heavy (non-hydrogen) atoms. The number of halogens is 1. The first-order chi connectivity index (χ1) is 9.81. The smallest absolute Gasteiger partial charge is 0.130 e. The summed E-state index contributed by atoms with van der Waals surface area (Å²) in [7, 11) is -2.16. The van der Waals surface area contributed by atoms with Crippen molar-refractivity contribution in [1.29, 1.82) is 0 Å². The monoisotopic (exact) mass is 331 g/mol. The quantitative estimate of drug-likeness (QED) is 0.596. The lowest BCUT2D eigenvalue weighted by Gasteiger charge is -2.21. The highest BCUT2D eigenvalue weighted by Gasteiger charge is 2.21. The van der Waals surface area contributed by atoms with Crippen LogP contribution in [0.4, 0.5) is 0 Å². The van der Waals surface area contributed by atoms with Crippen LogP contribution in [0.2, 0.25) is 19.6 Å². The van der Waals surface area contributed by atoms with Crippen LogP contribution in [0.25, 0.3) is 0 Å². The summed E-state index contributed by atoms with van der Waals surface area (Å²) in [6, 6.07) is 16.0. The Balaban J connectivity index is 2.47. The molecule has 2 aromatic carbocycles. The standard InChI is InChI=1S/C18H24ClSi2/c1-14-6-8-16(9-7-14)20(13-19)17-10-15(2)11-18(12-17)21(3,4)5/h6-12H,13H2,1-5H3. The zero-order valence-corrected chi connectivity index (χ0v) is 16.4. The average molecular weight is 332 g/mol. The molecule has 1 radical (unpaired) electrons. The van der Waals surface area contributed by atoms with E-state index in [-0.39, 0.29) is 0 Å². The van der Waals surface area contributed by atoms with Gasteiger partial charge in [-0.05, 0) is 13.8 Å². The maximum Gasteiger partial charge on any atom is 0.136 e. The third-order valence-corrected chi connectivity index (χ3v) is 8.93. The minimum absolute atomic E-state index is 0.725. The van der Waals surface area contributed by atoms with E-state index in [1.807, 2.05) is 0 Å². The van der Waals surface area contributed by atoms with Crippen LogP contribution in [0.1, 0.15) is 11.1 Å². The van der Waals surface area contributed by atoms with Crippen molar-refractivity contribution in [3.8, 4) is 0 Å². The van der Waals surface area contributed by atoms with E-state index in [4.69, 9.17) is 11.6 Å². The van der Waals surface area contributed by atoms with Crippen molar-refractivity contribution in [3.05, 3.63) is 53.6 Å². The minimum Gasteiger partial charge on any atom is -0.130 e. The van der Waals surface area contributed by atoms with Crippen LogP contribution in [-0.2, 0) is 0 Å². The van der Waals surface area contributed by atoms with Gasteiger partial charge in [-0.1, -0.05) is 88.8 Å². The van der Waals surface area contributed by atoms with Crippen LogP contribution in [0.15, 0.2) is 42.5 Å². The van der Waals surface area contributed by atoms with Crippen molar-refractivity contribution >= 4 is 44.0 Å². The normalized spacial score (nSPS) is 12.0. The minimum atomic E-state index is -1.29. The van der Waals surface area contributed by atoms with Crippen LogP contribution in [-0.4, -0.2) is 22.4 Å². The molecule has 2 rings (SSSR count). The first-order valence-corrected chi connectivity index (χ1v) is 13.2. The van der Waals surface area contributed by atoms with E-state index < -0.39 is 16.9 Å². The Morgan fingerprint density at radius 3 is 2.00 bits per heavy atom. The van der Waals surface area contributed by atoms with E-state index in [9.17, 15) is 0 Å². The third-order valence-electron chi connectivity index (χ3n) is 3.83. The number of hydrogen-bond donors (Lipinski definition) is 0. The average Bonchev–Trinajstić information content (AvgIpc) is 2.40. The van der Waals surface area contributed by atoms with Gasteiger partial charge in [-0.15, -0.1) is 11.6 Å². The molecule has 0 bridgehead atoms. The Hall–Kier alpha value is -0.836. The highest BCUT2D eigenvalue weighted by atomic mass is 35.5. The number of rotatable bonds is 4. The van der Waals surface area contributed by atoms with Gasteiger partial charge in [-0.25, -0.2) is 0 Å². The van der Waals surface area contributed by atoms with E-state index in [0.717, 1.165) is 5.50 Å². The van der Waals surface area contributed by atoms with E-state index >= 15 is 0 Å². The Morgan fingerprint density at radius 2 is 1.48 bits per heavy atom. The van der Waals surface area contributed by atoms with Crippen molar-refractivity contribution in [2.45, 2.75) is 33.5 Å². The Labute approximate surface area is 136 Å². The van der Waals surface area contributed by atoms with E-state index in [0.29, 0.717) is 0 Å². The highest BCUT2D eigenvalue weighted by molar-refractivity contribution is 6.91. The van der Waals surface area contributed by atoms with E-state index in [2.05, 4.69) is 76.0 Å². The Kier molecular flexibility index (Phi) is 5.13. The number of alkyl halides is 1. The molecule has 0 aliphatic carbocycles. The molecule has 0 N–H and O–H groups in total. The number of aryl methyl sites for hydroxylation is 2. The van der Waals surface area contributed by atoms with Gasteiger partial charge in [0.25, 0.3) is 0 Å². The number of benzene rings is 2. The second-order valence-electron chi connectivity index (χ2n) is 6.82. The molecule has 111 valence electrons. The summed E-state index contributed by atoms with van der Waals surface area (Å²) in [4.78, 5) is 0. The molecule has 0 saturated carbocycles. The molecule has 2 aromatic rings. The predicted octanol–water partition coefficient (Wildman–Crippen LogP) is 3.24. The van der Waals surface area contributed by atoms with Crippen molar-refractivity contribution < 1.29 is 0 Å². The van der Waals surface area contributed by atoms with Gasteiger partial charge in [0.2, 0.25) is 0 Å². The lowest BCUT2D eigenvalue weighted by Crippen LogP contribution is -2.48. The van der Waals surface area contributed by atoms with Crippen molar-refractivity contribution in [3.63, 3.8) is 0 Å². The van der Waals surface area contributed by atoms with Gasteiger partial charge >= 0.3 is 0 Å². The van der Waals surface area contributed by atoms with Crippen LogP contribution in [0.5, 0.6) is 0 Å². The fourth-order valence-corrected chi connectivity index (χ4v) is 6.73. The summed E-state index contributed by atoms with van der Waals surface area (Å²) in [6.07, 6.45) is 0. The fraction of sp³-hybridized carbons (Fsp3) is 0.333. The SMILES string of the molecule is Cc1ccc([Si](CCl)c2cc(C)cc([Si](C)(C)C)c2)cc1. The van der Waals surface area contributed by atoms with Crippen molar-refractivity contribution in [2.75, 3.05) is 5.50 Å². The summed E-state index contributed by atoms with van der Waals surface area (Å²) in [5, 5.41) is 4.40. The fourth-order valence-electron chi connectivity index (χ4n) is 2.47. The van der Waals surface area contributed by atoms with Crippen LogP contribution in [0, 0.1) is 13.8 Å². The van der Waals surface area contributed by atoms with Gasteiger partial charge in [0.05, 0.1) is 8.07 Å². The van der Waals surface area contributed by atoms with Crippen molar-refractivity contribution in [1.82, 2.24) is 0 Å². The zero-order chi connectivity index (χ0) is 15.6. The maximum atomic E-state index is 6.35. The lowest BCUT2D eigenvalue weighted by atomic mass is 10.2. The lowest BCUT2D eigenvalue weighted by molar-refractivity contribution is 1.48. The molecule has 0 atom stereocenters. The third kappa shape index (κ3) is 4.09. The summed E-state index contributed by atoms with van der Waals surface area (Å²) in [5.41, 5.74) is 3.40. The molecule has 0 nitrogen and oxygen atoms in total. The van der Waals surface area contributed by atoms with Crippen LogP contribution in [0.3, 0.4) is 0 Å². The summed E-state index contributed by atoms with van der Waals surface area (Å²) >= 11 is 6.35. The molecule has 0 spiro atoms. The van der Waals surface area contributed by atoms with Crippen molar-refractivity contribution in [2.24, 2.45) is 0 Å². The van der Waals surface area contributed by atoms with Gasteiger partial charge in [-0.3, -0.25) is 0 Å². The van der Waals surface area contributed by atoms with Gasteiger partial charge in [0.1, 0.15) is 8.80 Å². The molecule has 3 heteroatoms. The second kappa shape index (κ2) is 6.51.